The van der Waals surface area contributed by atoms with E-state index in [2.05, 4.69) is 30.1 Å². The van der Waals surface area contributed by atoms with E-state index < -0.39 is 11.8 Å². The van der Waals surface area contributed by atoms with Crippen LogP contribution in [0, 0.1) is 18.7 Å². The summed E-state index contributed by atoms with van der Waals surface area (Å²) < 4.78 is 32.5. The minimum atomic E-state index is -0.667. The van der Waals surface area contributed by atoms with Crippen LogP contribution in [0.1, 0.15) is 17.2 Å². The van der Waals surface area contributed by atoms with Crippen molar-refractivity contribution in [2.75, 3.05) is 5.73 Å². The molecule has 12 heteroatoms. The van der Waals surface area contributed by atoms with Crippen LogP contribution in [0.3, 0.4) is 0 Å². The summed E-state index contributed by atoms with van der Waals surface area (Å²) in [5.41, 5.74) is 9.68. The van der Waals surface area contributed by atoms with Crippen molar-refractivity contribution in [1.82, 2.24) is 43.7 Å². The van der Waals surface area contributed by atoms with Crippen molar-refractivity contribution in [3.05, 3.63) is 84.1 Å². The molecule has 0 radical (unpaired) electrons. The Kier molecular flexibility index (Phi) is 4.33. The topological polar surface area (TPSA) is 117 Å². The van der Waals surface area contributed by atoms with E-state index in [1.807, 2.05) is 29.7 Å². The third kappa shape index (κ3) is 3.15. The number of nitrogen functional groups attached to an aromatic ring is 1. The van der Waals surface area contributed by atoms with E-state index in [0.29, 0.717) is 22.6 Å². The smallest absolute Gasteiger partial charge is 0.233 e. The maximum absolute atomic E-state index is 14.2. The van der Waals surface area contributed by atoms with Gasteiger partial charge in [0.1, 0.15) is 11.5 Å². The van der Waals surface area contributed by atoms with Crippen LogP contribution in [0.5, 0.6) is 0 Å². The van der Waals surface area contributed by atoms with Gasteiger partial charge in [-0.3, -0.25) is 4.98 Å². The quantitative estimate of drug-likeness (QED) is 0.432. The summed E-state index contributed by atoms with van der Waals surface area (Å²) in [6, 6.07) is 7.76. The number of aromatic nitrogens is 9. The highest BCUT2D eigenvalue weighted by molar-refractivity contribution is 5.84. The van der Waals surface area contributed by atoms with E-state index in [-0.39, 0.29) is 23.9 Å². The average molecular weight is 458 g/mol. The van der Waals surface area contributed by atoms with Crippen LogP contribution in [0.25, 0.3) is 28.2 Å². The largest absolute Gasteiger partial charge is 0.368 e. The highest BCUT2D eigenvalue weighted by Crippen LogP contribution is 2.31. The van der Waals surface area contributed by atoms with Crippen LogP contribution < -0.4 is 5.73 Å². The van der Waals surface area contributed by atoms with Crippen LogP contribution >= 0.6 is 0 Å². The molecule has 6 rings (SSSR count). The number of rotatable bonds is 4. The molecule has 0 amide bonds. The van der Waals surface area contributed by atoms with Gasteiger partial charge in [0.05, 0.1) is 17.7 Å². The zero-order valence-electron chi connectivity index (χ0n) is 17.8. The monoisotopic (exact) mass is 458 g/mol. The van der Waals surface area contributed by atoms with Crippen LogP contribution in [0.4, 0.5) is 14.7 Å². The van der Waals surface area contributed by atoms with Gasteiger partial charge in [-0.15, -0.1) is 10.2 Å². The normalized spacial score (nSPS) is 11.6. The summed E-state index contributed by atoms with van der Waals surface area (Å²) in [5.74, 6) is -0.531. The fraction of sp³-hybridized carbons (Fsp3) is 0.0909. The van der Waals surface area contributed by atoms with Crippen molar-refractivity contribution >= 4 is 17.2 Å². The number of aryl methyl sites for hydroxylation is 1. The van der Waals surface area contributed by atoms with E-state index in [9.17, 15) is 8.78 Å². The molecule has 0 fully saturated rings. The van der Waals surface area contributed by atoms with Gasteiger partial charge in [0.15, 0.2) is 17.3 Å². The highest BCUT2D eigenvalue weighted by Gasteiger charge is 2.22. The molecule has 0 aliphatic rings. The zero-order chi connectivity index (χ0) is 23.4. The molecule has 0 aromatic carbocycles. The number of nitrogens with two attached hydrogens (primary N) is 1. The van der Waals surface area contributed by atoms with E-state index in [1.165, 1.54) is 39.8 Å². The minimum Gasteiger partial charge on any atom is -0.368 e. The molecule has 0 unspecified atom stereocenters. The van der Waals surface area contributed by atoms with Crippen LogP contribution in [0.15, 0.2) is 55.1 Å². The van der Waals surface area contributed by atoms with Crippen molar-refractivity contribution < 1.29 is 8.78 Å². The van der Waals surface area contributed by atoms with Gasteiger partial charge in [-0.25, -0.2) is 19.0 Å². The Morgan fingerprint density at radius 2 is 1.91 bits per heavy atom. The SMILES string of the molecule is Cc1cnc2ccc(-c3c(-n4ccc(F)n4)nc(N)n4nc(Cc5ncccc5F)nc34)cn12. The third-order valence-corrected chi connectivity index (χ3v) is 5.45. The van der Waals surface area contributed by atoms with Crippen molar-refractivity contribution in [3.63, 3.8) is 0 Å². The molecular weight excluding hydrogens is 442 g/mol. The summed E-state index contributed by atoms with van der Waals surface area (Å²) in [6.07, 6.45) is 6.64. The lowest BCUT2D eigenvalue weighted by Gasteiger charge is -2.12. The number of fused-ring (bicyclic) bond motifs is 2. The molecule has 34 heavy (non-hydrogen) atoms. The second-order valence-corrected chi connectivity index (χ2v) is 7.67. The molecule has 168 valence electrons. The summed E-state index contributed by atoms with van der Waals surface area (Å²) in [4.78, 5) is 17.5. The second kappa shape index (κ2) is 7.40. The Balaban J connectivity index is 1.61. The Hall–Kier alpha value is -4.74. The predicted molar refractivity (Wildman–Crippen MR) is 118 cm³/mol. The number of hydrogen-bond acceptors (Lipinski definition) is 7. The summed E-state index contributed by atoms with van der Waals surface area (Å²) in [6.45, 7) is 1.93. The number of hydrogen-bond donors (Lipinski definition) is 1. The Bertz CT molecular complexity index is 1700. The van der Waals surface area contributed by atoms with Gasteiger partial charge in [0.25, 0.3) is 0 Å². The maximum Gasteiger partial charge on any atom is 0.233 e. The second-order valence-electron chi connectivity index (χ2n) is 7.67. The first-order valence-corrected chi connectivity index (χ1v) is 10.3. The van der Waals surface area contributed by atoms with Crippen molar-refractivity contribution in [2.24, 2.45) is 0 Å². The number of anilines is 1. The number of halogens is 2. The summed E-state index contributed by atoms with van der Waals surface area (Å²) >= 11 is 0. The molecule has 6 aromatic rings. The molecule has 0 bridgehead atoms. The first-order chi connectivity index (χ1) is 16.5. The van der Waals surface area contributed by atoms with E-state index in [0.717, 1.165) is 11.3 Å². The highest BCUT2D eigenvalue weighted by atomic mass is 19.1. The molecular formula is C22H16F2N10. The lowest BCUT2D eigenvalue weighted by Crippen LogP contribution is -2.10. The van der Waals surface area contributed by atoms with Gasteiger partial charge in [-0.05, 0) is 31.2 Å². The third-order valence-electron chi connectivity index (χ3n) is 5.45. The van der Waals surface area contributed by atoms with Crippen LogP contribution in [-0.4, -0.2) is 43.7 Å². The minimum absolute atomic E-state index is 0.0183. The van der Waals surface area contributed by atoms with Gasteiger partial charge in [0, 0.05) is 42.1 Å². The Morgan fingerprint density at radius 1 is 1.03 bits per heavy atom. The first kappa shape index (κ1) is 19.9. The van der Waals surface area contributed by atoms with Gasteiger partial charge >= 0.3 is 0 Å². The van der Waals surface area contributed by atoms with Crippen molar-refractivity contribution in [2.45, 2.75) is 13.3 Å². The predicted octanol–water partition coefficient (Wildman–Crippen LogP) is 2.78. The molecule has 0 aliphatic carbocycles. The van der Waals surface area contributed by atoms with Crippen LogP contribution in [-0.2, 0) is 6.42 Å². The van der Waals surface area contributed by atoms with Crippen LogP contribution in [0.2, 0.25) is 0 Å². The van der Waals surface area contributed by atoms with Crippen molar-refractivity contribution in [3.8, 4) is 16.9 Å². The zero-order valence-corrected chi connectivity index (χ0v) is 17.8. The van der Waals surface area contributed by atoms with E-state index in [4.69, 9.17) is 5.73 Å². The molecule has 0 atom stereocenters. The molecule has 6 heterocycles. The number of pyridine rings is 2. The van der Waals surface area contributed by atoms with E-state index >= 15 is 0 Å². The first-order valence-electron chi connectivity index (χ1n) is 10.3. The fourth-order valence-corrected chi connectivity index (χ4v) is 3.86. The van der Waals surface area contributed by atoms with Gasteiger partial charge in [0.2, 0.25) is 11.9 Å². The lowest BCUT2D eigenvalue weighted by molar-refractivity contribution is 0.564. The Labute approximate surface area is 190 Å². The molecule has 6 aromatic heterocycles. The van der Waals surface area contributed by atoms with Gasteiger partial charge in [-0.2, -0.15) is 13.9 Å². The molecule has 10 nitrogen and oxygen atoms in total. The summed E-state index contributed by atoms with van der Waals surface area (Å²) in [7, 11) is 0. The summed E-state index contributed by atoms with van der Waals surface area (Å²) in [5, 5.41) is 8.30. The molecule has 0 aliphatic heterocycles. The standard InChI is InChI=1S/C22H16F2N10/c1-12-10-27-18-5-4-13(11-32(12)18)19-20(33-8-6-16(24)30-33)29-22(25)34-21(19)28-17(31-34)9-15-14(23)3-2-7-26-15/h2-8,10-11H,9H2,1H3,(H2,25,29). The Morgan fingerprint density at radius 3 is 2.71 bits per heavy atom. The number of nitrogens with zero attached hydrogens (tertiary/aromatic N) is 9. The maximum atomic E-state index is 14.2. The van der Waals surface area contributed by atoms with Gasteiger partial charge in [-0.1, -0.05) is 0 Å². The molecule has 0 saturated carbocycles. The van der Waals surface area contributed by atoms with Crippen molar-refractivity contribution in [1.29, 1.82) is 0 Å². The van der Waals surface area contributed by atoms with E-state index in [1.54, 1.807) is 6.20 Å². The van der Waals surface area contributed by atoms with Gasteiger partial charge < -0.3 is 10.1 Å². The lowest BCUT2D eigenvalue weighted by atomic mass is 10.1. The number of imidazole rings is 1. The molecule has 2 N–H and O–H groups in total. The molecule has 0 spiro atoms. The molecule has 0 saturated heterocycles. The average Bonchev–Trinajstić information content (AvgIpc) is 3.54. The fourth-order valence-electron chi connectivity index (χ4n) is 3.86.